The minimum atomic E-state index is 0.589. The van der Waals surface area contributed by atoms with Crippen LogP contribution in [0.25, 0.3) is 0 Å². The number of aryl methyl sites for hydroxylation is 1. The molecular weight excluding hydrogens is 188 g/mol. The first kappa shape index (κ1) is 11.5. The lowest BCUT2D eigenvalue weighted by molar-refractivity contribution is 0.986. The Balaban J connectivity index is 2.74. The van der Waals surface area contributed by atoms with Gasteiger partial charge in [0.05, 0.1) is 0 Å². The monoisotopic (exact) mass is 206 g/mol. The van der Waals surface area contributed by atoms with E-state index < -0.39 is 0 Å². The number of hydrazine groups is 1. The van der Waals surface area contributed by atoms with Crippen molar-refractivity contribution in [3.63, 3.8) is 0 Å². The molecule has 0 bridgehead atoms. The van der Waals surface area contributed by atoms with Crippen molar-refractivity contribution in [3.8, 4) is 0 Å². The van der Waals surface area contributed by atoms with E-state index >= 15 is 0 Å². The maximum absolute atomic E-state index is 5.33. The molecule has 4 nitrogen and oxygen atoms in total. The summed E-state index contributed by atoms with van der Waals surface area (Å²) in [5, 5.41) is 3.12. The van der Waals surface area contributed by atoms with Gasteiger partial charge < -0.3 is 5.32 Å². The summed E-state index contributed by atoms with van der Waals surface area (Å²) in [4.78, 5) is 4.16. The van der Waals surface area contributed by atoms with Crippen molar-refractivity contribution in [2.45, 2.75) is 20.3 Å². The molecule has 0 saturated heterocycles. The molecule has 0 atom stereocenters. The number of aliphatic imine (C=N–C) groups is 1. The number of anilines is 1. The number of hydrogen-bond acceptors (Lipinski definition) is 2. The fourth-order valence-electron chi connectivity index (χ4n) is 1.29. The number of nitrogens with zero attached hydrogens (tertiary/aromatic N) is 1. The normalized spacial score (nSPS) is 11.3. The van der Waals surface area contributed by atoms with Gasteiger partial charge in [0.2, 0.25) is 5.96 Å². The molecule has 0 heterocycles. The van der Waals surface area contributed by atoms with Crippen molar-refractivity contribution in [1.29, 1.82) is 0 Å². The number of nitrogens with one attached hydrogen (secondary N) is 2. The predicted octanol–water partition coefficient (Wildman–Crippen LogP) is 1.50. The van der Waals surface area contributed by atoms with Crippen LogP contribution in [0.1, 0.15) is 19.4 Å². The molecule has 82 valence electrons. The molecule has 0 amide bonds. The highest BCUT2D eigenvalue weighted by molar-refractivity contribution is 5.93. The lowest BCUT2D eigenvalue weighted by atomic mass is 10.1. The third-order valence-electron chi connectivity index (χ3n) is 2.05. The average Bonchev–Trinajstić information content (AvgIpc) is 2.29. The zero-order valence-corrected chi connectivity index (χ0v) is 9.25. The van der Waals surface area contributed by atoms with Crippen LogP contribution in [0.3, 0.4) is 0 Å². The Morgan fingerprint density at radius 2 is 2.20 bits per heavy atom. The van der Waals surface area contributed by atoms with E-state index in [0.717, 1.165) is 12.1 Å². The van der Waals surface area contributed by atoms with Gasteiger partial charge in [-0.25, -0.2) is 5.84 Å². The van der Waals surface area contributed by atoms with Crippen molar-refractivity contribution < 1.29 is 0 Å². The Hall–Kier alpha value is -1.55. The summed E-state index contributed by atoms with van der Waals surface area (Å²) in [6.07, 6.45) is 1.02. The second-order valence-electron chi connectivity index (χ2n) is 3.15. The van der Waals surface area contributed by atoms with Gasteiger partial charge in [-0.05, 0) is 31.0 Å². The van der Waals surface area contributed by atoms with Gasteiger partial charge in [-0.3, -0.25) is 10.4 Å². The summed E-state index contributed by atoms with van der Waals surface area (Å²) >= 11 is 0. The molecule has 15 heavy (non-hydrogen) atoms. The summed E-state index contributed by atoms with van der Waals surface area (Å²) in [6.45, 7) is 4.78. The Bertz CT molecular complexity index is 333. The molecule has 0 aliphatic rings. The molecule has 0 aliphatic carbocycles. The SMILES string of the molecule is CCN=C(NN)Nc1cccc(CC)c1. The van der Waals surface area contributed by atoms with Crippen LogP contribution in [-0.4, -0.2) is 12.5 Å². The summed E-state index contributed by atoms with van der Waals surface area (Å²) < 4.78 is 0. The average molecular weight is 206 g/mol. The van der Waals surface area contributed by atoms with Gasteiger partial charge >= 0.3 is 0 Å². The minimum absolute atomic E-state index is 0.589. The molecule has 0 aromatic heterocycles. The van der Waals surface area contributed by atoms with Crippen LogP contribution >= 0.6 is 0 Å². The first-order valence-electron chi connectivity index (χ1n) is 5.17. The quantitative estimate of drug-likeness (QED) is 0.304. The van der Waals surface area contributed by atoms with Crippen LogP contribution in [0, 0.1) is 0 Å². The van der Waals surface area contributed by atoms with Crippen molar-refractivity contribution in [3.05, 3.63) is 29.8 Å². The lowest BCUT2D eigenvalue weighted by Crippen LogP contribution is -2.36. The predicted molar refractivity (Wildman–Crippen MR) is 64.7 cm³/mol. The number of nitrogens with two attached hydrogens (primary N) is 1. The van der Waals surface area contributed by atoms with E-state index in [2.05, 4.69) is 34.8 Å². The second-order valence-corrected chi connectivity index (χ2v) is 3.15. The molecular formula is C11H18N4. The molecule has 1 aromatic rings. The van der Waals surface area contributed by atoms with Crippen LogP contribution in [0.4, 0.5) is 5.69 Å². The molecule has 0 radical (unpaired) electrons. The second kappa shape index (κ2) is 6.03. The van der Waals surface area contributed by atoms with E-state index in [4.69, 9.17) is 5.84 Å². The largest absolute Gasteiger partial charge is 0.325 e. The van der Waals surface area contributed by atoms with E-state index in [1.165, 1.54) is 5.56 Å². The third kappa shape index (κ3) is 3.59. The minimum Gasteiger partial charge on any atom is -0.325 e. The van der Waals surface area contributed by atoms with Crippen LogP contribution in [0.15, 0.2) is 29.3 Å². The molecule has 0 aliphatic heterocycles. The first-order chi connectivity index (χ1) is 7.30. The highest BCUT2D eigenvalue weighted by Crippen LogP contribution is 2.10. The highest BCUT2D eigenvalue weighted by atomic mass is 15.3. The number of hydrogen-bond donors (Lipinski definition) is 3. The molecule has 4 heteroatoms. The van der Waals surface area contributed by atoms with Crippen molar-refractivity contribution in [2.24, 2.45) is 10.8 Å². The van der Waals surface area contributed by atoms with E-state index in [0.29, 0.717) is 12.5 Å². The van der Waals surface area contributed by atoms with Crippen molar-refractivity contribution in [1.82, 2.24) is 5.43 Å². The molecule has 1 aromatic carbocycles. The standard InChI is InChI=1S/C11H18N4/c1-3-9-6-5-7-10(8-9)14-11(15-12)13-4-2/h5-8H,3-4,12H2,1-2H3,(H2,13,14,15). The lowest BCUT2D eigenvalue weighted by Gasteiger charge is -2.09. The summed E-state index contributed by atoms with van der Waals surface area (Å²) in [7, 11) is 0. The van der Waals surface area contributed by atoms with Gasteiger partial charge in [-0.2, -0.15) is 0 Å². The number of benzene rings is 1. The first-order valence-corrected chi connectivity index (χ1v) is 5.17. The molecule has 0 spiro atoms. The van der Waals surface area contributed by atoms with E-state index in [1.54, 1.807) is 0 Å². The summed E-state index contributed by atoms with van der Waals surface area (Å²) in [5.74, 6) is 5.92. The van der Waals surface area contributed by atoms with Gasteiger partial charge in [-0.1, -0.05) is 19.1 Å². The zero-order valence-electron chi connectivity index (χ0n) is 9.25. The van der Waals surface area contributed by atoms with Crippen molar-refractivity contribution >= 4 is 11.6 Å². The maximum Gasteiger partial charge on any atom is 0.210 e. The fraction of sp³-hybridized carbons (Fsp3) is 0.364. The van der Waals surface area contributed by atoms with Crippen LogP contribution in [-0.2, 0) is 6.42 Å². The fourth-order valence-corrected chi connectivity index (χ4v) is 1.29. The van der Waals surface area contributed by atoms with Gasteiger partial charge in [0.25, 0.3) is 0 Å². The van der Waals surface area contributed by atoms with Gasteiger partial charge in [-0.15, -0.1) is 0 Å². The Morgan fingerprint density at radius 3 is 2.80 bits per heavy atom. The molecule has 4 N–H and O–H groups in total. The molecule has 0 unspecified atom stereocenters. The smallest absolute Gasteiger partial charge is 0.210 e. The van der Waals surface area contributed by atoms with Crippen LogP contribution in [0.5, 0.6) is 0 Å². The topological polar surface area (TPSA) is 62.4 Å². The molecule has 0 saturated carbocycles. The van der Waals surface area contributed by atoms with Gasteiger partial charge in [0.15, 0.2) is 0 Å². The maximum atomic E-state index is 5.33. The molecule has 1 rings (SSSR count). The zero-order chi connectivity index (χ0) is 11.1. The molecule has 0 fully saturated rings. The summed E-state index contributed by atoms with van der Waals surface area (Å²) in [6, 6.07) is 8.18. The Kier molecular flexibility index (Phi) is 4.63. The van der Waals surface area contributed by atoms with E-state index in [-0.39, 0.29) is 0 Å². The van der Waals surface area contributed by atoms with Crippen LogP contribution < -0.4 is 16.6 Å². The number of guanidine groups is 1. The van der Waals surface area contributed by atoms with E-state index in [9.17, 15) is 0 Å². The van der Waals surface area contributed by atoms with E-state index in [1.807, 2.05) is 19.1 Å². The van der Waals surface area contributed by atoms with Crippen molar-refractivity contribution in [2.75, 3.05) is 11.9 Å². The number of rotatable bonds is 3. The van der Waals surface area contributed by atoms with Gasteiger partial charge in [0.1, 0.15) is 0 Å². The third-order valence-corrected chi connectivity index (χ3v) is 2.05. The van der Waals surface area contributed by atoms with Crippen LogP contribution in [0.2, 0.25) is 0 Å². The highest BCUT2D eigenvalue weighted by Gasteiger charge is 1.97. The Labute approximate surface area is 90.6 Å². The summed E-state index contributed by atoms with van der Waals surface area (Å²) in [5.41, 5.74) is 4.81. The van der Waals surface area contributed by atoms with Gasteiger partial charge in [0, 0.05) is 12.2 Å². The Morgan fingerprint density at radius 1 is 1.40 bits per heavy atom.